The zero-order chi connectivity index (χ0) is 23.7. The van der Waals surface area contributed by atoms with Crippen LogP contribution in [0.3, 0.4) is 0 Å². The summed E-state index contributed by atoms with van der Waals surface area (Å²) in [5.74, 6) is -0.0948. The summed E-state index contributed by atoms with van der Waals surface area (Å²) in [6.45, 7) is 5.61. The van der Waals surface area contributed by atoms with Gasteiger partial charge < -0.3 is 15.0 Å². The number of benzene rings is 2. The third-order valence-corrected chi connectivity index (χ3v) is 6.71. The van der Waals surface area contributed by atoms with Gasteiger partial charge in [0.05, 0.1) is 30.8 Å². The SMILES string of the molecule is Cc1ccc(Cl)cc1NC(=O)CN1CCc2nc3ccccc3c(C(=O)N3CCOCC3)c2C1. The number of amides is 2. The number of aryl methyl sites for hydroxylation is 1. The number of halogens is 1. The van der Waals surface area contributed by atoms with Gasteiger partial charge in [-0.1, -0.05) is 35.9 Å². The van der Waals surface area contributed by atoms with E-state index in [1.165, 1.54) is 0 Å². The van der Waals surface area contributed by atoms with Gasteiger partial charge in [0, 0.05) is 60.0 Å². The third-order valence-electron chi connectivity index (χ3n) is 6.48. The number of hydrogen-bond donors (Lipinski definition) is 1. The number of morpholine rings is 1. The number of pyridine rings is 1. The second-order valence-electron chi connectivity index (χ2n) is 8.80. The Bertz CT molecular complexity index is 1260. The minimum absolute atomic E-state index is 0.0130. The molecule has 1 N–H and O–H groups in total. The third kappa shape index (κ3) is 4.64. The fraction of sp³-hybridized carbons (Fsp3) is 0.346. The molecule has 0 aliphatic carbocycles. The van der Waals surface area contributed by atoms with E-state index in [4.69, 9.17) is 21.3 Å². The maximum absolute atomic E-state index is 13.7. The quantitative estimate of drug-likeness (QED) is 0.619. The van der Waals surface area contributed by atoms with Gasteiger partial charge in [0.1, 0.15) is 0 Å². The molecule has 0 saturated carbocycles. The molecule has 3 aromatic rings. The second kappa shape index (κ2) is 9.70. The molecule has 5 rings (SSSR count). The zero-order valence-corrected chi connectivity index (χ0v) is 19.9. The van der Waals surface area contributed by atoms with Crippen molar-refractivity contribution in [3.8, 4) is 0 Å². The Balaban J connectivity index is 1.41. The van der Waals surface area contributed by atoms with Gasteiger partial charge in [-0.25, -0.2) is 0 Å². The number of hydrogen-bond acceptors (Lipinski definition) is 5. The van der Waals surface area contributed by atoms with Gasteiger partial charge in [-0.05, 0) is 30.7 Å². The van der Waals surface area contributed by atoms with Gasteiger partial charge in [-0.2, -0.15) is 0 Å². The molecule has 0 radical (unpaired) electrons. The van der Waals surface area contributed by atoms with Gasteiger partial charge >= 0.3 is 0 Å². The van der Waals surface area contributed by atoms with E-state index in [-0.39, 0.29) is 18.4 Å². The van der Waals surface area contributed by atoms with Crippen LogP contribution in [0.5, 0.6) is 0 Å². The van der Waals surface area contributed by atoms with Crippen molar-refractivity contribution in [1.82, 2.24) is 14.8 Å². The summed E-state index contributed by atoms with van der Waals surface area (Å²) in [4.78, 5) is 35.3. The van der Waals surface area contributed by atoms with Crippen molar-refractivity contribution >= 4 is 40.0 Å². The highest BCUT2D eigenvalue weighted by atomic mass is 35.5. The molecule has 1 saturated heterocycles. The van der Waals surface area contributed by atoms with E-state index in [0.29, 0.717) is 62.1 Å². The van der Waals surface area contributed by atoms with Gasteiger partial charge in [-0.15, -0.1) is 0 Å². The zero-order valence-electron chi connectivity index (χ0n) is 19.1. The topological polar surface area (TPSA) is 74.8 Å². The van der Waals surface area contributed by atoms with Crippen molar-refractivity contribution in [2.24, 2.45) is 0 Å². The molecule has 7 nitrogen and oxygen atoms in total. The van der Waals surface area contributed by atoms with Crippen LogP contribution in [0.2, 0.25) is 5.02 Å². The van der Waals surface area contributed by atoms with Crippen molar-refractivity contribution in [2.45, 2.75) is 19.9 Å². The monoisotopic (exact) mass is 478 g/mol. The molecule has 0 atom stereocenters. The summed E-state index contributed by atoms with van der Waals surface area (Å²) in [5, 5.41) is 4.41. The molecule has 1 aromatic heterocycles. The number of fused-ring (bicyclic) bond motifs is 2. The van der Waals surface area contributed by atoms with Crippen LogP contribution >= 0.6 is 11.6 Å². The Morgan fingerprint density at radius 2 is 1.91 bits per heavy atom. The normalized spacial score (nSPS) is 16.4. The van der Waals surface area contributed by atoms with Crippen LogP contribution < -0.4 is 5.32 Å². The van der Waals surface area contributed by atoms with Gasteiger partial charge in [0.15, 0.2) is 0 Å². The summed E-state index contributed by atoms with van der Waals surface area (Å²) in [5.41, 5.74) is 5.08. The standard InChI is InChI=1S/C26H27ClN4O3/c1-17-6-7-18(27)14-23(17)29-24(32)16-30-9-8-22-20(15-30)25(19-4-2-3-5-21(19)28-22)26(33)31-10-12-34-13-11-31/h2-7,14H,8-13,15-16H2,1H3,(H,29,32). The van der Waals surface area contributed by atoms with E-state index >= 15 is 0 Å². The first-order chi connectivity index (χ1) is 16.5. The van der Waals surface area contributed by atoms with Crippen LogP contribution in [0.1, 0.15) is 27.2 Å². The van der Waals surface area contributed by atoms with E-state index in [9.17, 15) is 9.59 Å². The number of anilines is 1. The Kier molecular flexibility index (Phi) is 6.50. The van der Waals surface area contributed by atoms with Crippen molar-refractivity contribution in [1.29, 1.82) is 0 Å². The molecule has 34 heavy (non-hydrogen) atoms. The maximum atomic E-state index is 13.7. The van der Waals surface area contributed by atoms with Crippen LogP contribution in [-0.2, 0) is 22.5 Å². The summed E-state index contributed by atoms with van der Waals surface area (Å²) >= 11 is 6.09. The summed E-state index contributed by atoms with van der Waals surface area (Å²) in [7, 11) is 0. The molecule has 2 aliphatic rings. The lowest BCUT2D eigenvalue weighted by molar-refractivity contribution is -0.117. The van der Waals surface area contributed by atoms with E-state index in [1.807, 2.05) is 42.2 Å². The van der Waals surface area contributed by atoms with Crippen LogP contribution in [0.4, 0.5) is 5.69 Å². The number of aromatic nitrogens is 1. The number of carbonyl (C=O) groups excluding carboxylic acids is 2. The molecule has 0 bridgehead atoms. The lowest BCUT2D eigenvalue weighted by atomic mass is 9.94. The highest BCUT2D eigenvalue weighted by molar-refractivity contribution is 6.31. The summed E-state index contributed by atoms with van der Waals surface area (Å²) < 4.78 is 5.44. The Hall–Kier alpha value is -3.00. The van der Waals surface area contributed by atoms with Gasteiger partial charge in [0.2, 0.25) is 5.91 Å². The van der Waals surface area contributed by atoms with Crippen molar-refractivity contribution < 1.29 is 14.3 Å². The number of nitrogens with one attached hydrogen (secondary N) is 1. The van der Waals surface area contributed by atoms with Crippen molar-refractivity contribution in [3.63, 3.8) is 0 Å². The van der Waals surface area contributed by atoms with Crippen molar-refractivity contribution in [3.05, 3.63) is 69.9 Å². The number of carbonyl (C=O) groups is 2. The summed E-state index contributed by atoms with van der Waals surface area (Å²) in [6.07, 6.45) is 0.688. The average Bonchev–Trinajstić information content (AvgIpc) is 2.85. The van der Waals surface area contributed by atoms with E-state index in [2.05, 4.69) is 10.2 Å². The van der Waals surface area contributed by atoms with Crippen LogP contribution in [0, 0.1) is 6.92 Å². The molecular formula is C26H27ClN4O3. The van der Waals surface area contributed by atoms with Crippen LogP contribution in [-0.4, -0.2) is 66.0 Å². The number of nitrogens with zero attached hydrogens (tertiary/aromatic N) is 3. The Morgan fingerprint density at radius 1 is 1.12 bits per heavy atom. The number of ether oxygens (including phenoxy) is 1. The predicted molar refractivity (Wildman–Crippen MR) is 132 cm³/mol. The lowest BCUT2D eigenvalue weighted by Gasteiger charge is -2.32. The second-order valence-corrected chi connectivity index (χ2v) is 9.24. The molecule has 1 fully saturated rings. The first kappa shape index (κ1) is 22.8. The fourth-order valence-electron chi connectivity index (χ4n) is 4.67. The minimum atomic E-state index is -0.108. The number of para-hydroxylation sites is 1. The van der Waals surface area contributed by atoms with E-state index in [1.54, 1.807) is 12.1 Å². The molecule has 2 amide bonds. The maximum Gasteiger partial charge on any atom is 0.255 e. The molecule has 176 valence electrons. The van der Waals surface area contributed by atoms with E-state index in [0.717, 1.165) is 27.7 Å². The highest BCUT2D eigenvalue weighted by Gasteiger charge is 2.29. The fourth-order valence-corrected chi connectivity index (χ4v) is 4.84. The number of rotatable bonds is 4. The Labute approximate surface area is 203 Å². The van der Waals surface area contributed by atoms with E-state index < -0.39 is 0 Å². The smallest absolute Gasteiger partial charge is 0.255 e. The molecular weight excluding hydrogens is 452 g/mol. The predicted octanol–water partition coefficient (Wildman–Crippen LogP) is 3.67. The first-order valence-corrected chi connectivity index (χ1v) is 11.9. The highest BCUT2D eigenvalue weighted by Crippen LogP contribution is 2.29. The van der Waals surface area contributed by atoms with Gasteiger partial charge in [-0.3, -0.25) is 19.5 Å². The summed E-state index contributed by atoms with van der Waals surface area (Å²) in [6, 6.07) is 13.3. The Morgan fingerprint density at radius 3 is 2.74 bits per heavy atom. The lowest BCUT2D eigenvalue weighted by Crippen LogP contribution is -2.42. The molecule has 0 unspecified atom stereocenters. The minimum Gasteiger partial charge on any atom is -0.378 e. The molecule has 8 heteroatoms. The van der Waals surface area contributed by atoms with Crippen molar-refractivity contribution in [2.75, 3.05) is 44.7 Å². The first-order valence-electron chi connectivity index (χ1n) is 11.6. The molecule has 2 aliphatic heterocycles. The largest absolute Gasteiger partial charge is 0.378 e. The molecule has 2 aromatic carbocycles. The van der Waals surface area contributed by atoms with Crippen LogP contribution in [0.15, 0.2) is 42.5 Å². The average molecular weight is 479 g/mol. The van der Waals surface area contributed by atoms with Crippen LogP contribution in [0.25, 0.3) is 10.9 Å². The molecule has 3 heterocycles. The van der Waals surface area contributed by atoms with Gasteiger partial charge in [0.25, 0.3) is 5.91 Å². The molecule has 0 spiro atoms.